The Bertz CT molecular complexity index is 625. The highest BCUT2D eigenvalue weighted by molar-refractivity contribution is 6.09. The van der Waals surface area contributed by atoms with Gasteiger partial charge in [0.1, 0.15) is 12.1 Å². The molecular weight excluding hydrogens is 294 g/mol. The van der Waals surface area contributed by atoms with E-state index in [4.69, 9.17) is 0 Å². The zero-order valence-electron chi connectivity index (χ0n) is 13.2. The van der Waals surface area contributed by atoms with Crippen LogP contribution in [0.15, 0.2) is 30.3 Å². The summed E-state index contributed by atoms with van der Waals surface area (Å²) in [6, 6.07) is 8.71. The van der Waals surface area contributed by atoms with Crippen molar-refractivity contribution in [2.45, 2.75) is 44.2 Å². The molecular formula is C17H21N3O3. The number of nitrogens with zero attached hydrogens (tertiary/aromatic N) is 1. The number of benzene rings is 1. The van der Waals surface area contributed by atoms with Gasteiger partial charge in [-0.25, -0.2) is 4.79 Å². The van der Waals surface area contributed by atoms with Crippen LogP contribution in [0.4, 0.5) is 4.79 Å². The van der Waals surface area contributed by atoms with Gasteiger partial charge in [-0.1, -0.05) is 43.2 Å². The number of rotatable bonds is 4. The van der Waals surface area contributed by atoms with Gasteiger partial charge in [0.25, 0.3) is 5.91 Å². The first kappa shape index (κ1) is 15.5. The highest BCUT2D eigenvalue weighted by Gasteiger charge is 2.49. The van der Waals surface area contributed by atoms with Crippen molar-refractivity contribution in [1.82, 2.24) is 15.5 Å². The van der Waals surface area contributed by atoms with Crippen LogP contribution in [0.2, 0.25) is 0 Å². The van der Waals surface area contributed by atoms with Gasteiger partial charge in [0.2, 0.25) is 5.91 Å². The standard InChI is InChI=1S/C17H21N3O3/c1-17(12-7-3-2-4-8-12)15(22)20(16(23)19-17)11-14(21)18-13-9-5-6-10-13/h2-4,7-8,13H,5-6,9-11H2,1H3,(H,18,21)(H,19,23). The lowest BCUT2D eigenvalue weighted by Gasteiger charge is -2.22. The monoisotopic (exact) mass is 315 g/mol. The largest absolute Gasteiger partial charge is 0.352 e. The molecule has 0 radical (unpaired) electrons. The van der Waals surface area contributed by atoms with E-state index in [0.717, 1.165) is 30.6 Å². The Balaban J connectivity index is 1.70. The summed E-state index contributed by atoms with van der Waals surface area (Å²) in [6.45, 7) is 1.43. The second-order valence-corrected chi connectivity index (χ2v) is 6.36. The Labute approximate surface area is 135 Å². The van der Waals surface area contributed by atoms with Crippen molar-refractivity contribution < 1.29 is 14.4 Å². The van der Waals surface area contributed by atoms with Gasteiger partial charge in [-0.05, 0) is 25.3 Å². The van der Waals surface area contributed by atoms with Crippen LogP contribution in [0.1, 0.15) is 38.2 Å². The smallest absolute Gasteiger partial charge is 0.325 e. The number of urea groups is 1. The molecule has 0 aromatic heterocycles. The maximum absolute atomic E-state index is 12.7. The molecule has 2 N–H and O–H groups in total. The van der Waals surface area contributed by atoms with Crippen molar-refractivity contribution in [3.05, 3.63) is 35.9 Å². The second-order valence-electron chi connectivity index (χ2n) is 6.36. The predicted molar refractivity (Wildman–Crippen MR) is 84.4 cm³/mol. The van der Waals surface area contributed by atoms with Crippen molar-refractivity contribution >= 4 is 17.8 Å². The van der Waals surface area contributed by atoms with Crippen molar-refractivity contribution in [3.8, 4) is 0 Å². The molecule has 4 amide bonds. The zero-order chi connectivity index (χ0) is 16.4. The molecule has 1 heterocycles. The van der Waals surface area contributed by atoms with Gasteiger partial charge in [-0.2, -0.15) is 0 Å². The van der Waals surface area contributed by atoms with Crippen molar-refractivity contribution in [3.63, 3.8) is 0 Å². The number of amides is 4. The van der Waals surface area contributed by atoms with Gasteiger partial charge in [0, 0.05) is 6.04 Å². The summed E-state index contributed by atoms with van der Waals surface area (Å²) >= 11 is 0. The molecule has 1 saturated heterocycles. The van der Waals surface area contributed by atoms with E-state index in [1.807, 2.05) is 18.2 Å². The quantitative estimate of drug-likeness (QED) is 0.827. The van der Waals surface area contributed by atoms with E-state index in [9.17, 15) is 14.4 Å². The number of hydrogen-bond acceptors (Lipinski definition) is 3. The van der Waals surface area contributed by atoms with E-state index in [0.29, 0.717) is 5.56 Å². The molecule has 1 aromatic rings. The van der Waals surface area contributed by atoms with E-state index in [2.05, 4.69) is 10.6 Å². The summed E-state index contributed by atoms with van der Waals surface area (Å²) in [5, 5.41) is 5.60. The Morgan fingerprint density at radius 3 is 2.57 bits per heavy atom. The topological polar surface area (TPSA) is 78.5 Å². The van der Waals surface area contributed by atoms with Crippen LogP contribution in [-0.2, 0) is 15.1 Å². The highest BCUT2D eigenvalue weighted by atomic mass is 16.2. The van der Waals surface area contributed by atoms with Crippen molar-refractivity contribution in [2.24, 2.45) is 0 Å². The van der Waals surface area contributed by atoms with Gasteiger partial charge < -0.3 is 10.6 Å². The summed E-state index contributed by atoms with van der Waals surface area (Å²) in [6.07, 6.45) is 4.15. The first-order chi connectivity index (χ1) is 11.0. The fraction of sp³-hybridized carbons (Fsp3) is 0.471. The summed E-state index contributed by atoms with van der Waals surface area (Å²) in [4.78, 5) is 37.9. The third kappa shape index (κ3) is 2.93. The molecule has 3 rings (SSSR count). The minimum Gasteiger partial charge on any atom is -0.352 e. The average Bonchev–Trinajstić information content (AvgIpc) is 3.11. The number of carbonyl (C=O) groups is 3. The lowest BCUT2D eigenvalue weighted by molar-refractivity contribution is -0.135. The molecule has 1 atom stereocenters. The molecule has 122 valence electrons. The Morgan fingerprint density at radius 1 is 1.26 bits per heavy atom. The van der Waals surface area contributed by atoms with E-state index < -0.39 is 17.5 Å². The van der Waals surface area contributed by atoms with Gasteiger partial charge in [-0.3, -0.25) is 14.5 Å². The summed E-state index contributed by atoms with van der Waals surface area (Å²) in [5.41, 5.74) is -0.413. The first-order valence-electron chi connectivity index (χ1n) is 8.00. The van der Waals surface area contributed by atoms with E-state index in [-0.39, 0.29) is 18.5 Å². The van der Waals surface area contributed by atoms with Crippen molar-refractivity contribution in [1.29, 1.82) is 0 Å². The molecule has 0 bridgehead atoms. The van der Waals surface area contributed by atoms with Crippen LogP contribution in [0.3, 0.4) is 0 Å². The Hall–Kier alpha value is -2.37. The fourth-order valence-corrected chi connectivity index (χ4v) is 3.29. The molecule has 2 aliphatic rings. The minimum absolute atomic E-state index is 0.170. The SMILES string of the molecule is CC1(c2ccccc2)NC(=O)N(CC(=O)NC2CCCC2)C1=O. The van der Waals surface area contributed by atoms with Gasteiger partial charge >= 0.3 is 6.03 Å². The molecule has 1 saturated carbocycles. The van der Waals surface area contributed by atoms with E-state index >= 15 is 0 Å². The molecule has 23 heavy (non-hydrogen) atoms. The molecule has 1 aliphatic carbocycles. The number of hydrogen-bond donors (Lipinski definition) is 2. The van der Waals surface area contributed by atoms with Gasteiger partial charge in [-0.15, -0.1) is 0 Å². The zero-order valence-corrected chi connectivity index (χ0v) is 13.2. The second kappa shape index (κ2) is 6.02. The van der Waals surface area contributed by atoms with Crippen LogP contribution in [-0.4, -0.2) is 35.3 Å². The maximum atomic E-state index is 12.7. The normalized spacial score (nSPS) is 24.8. The average molecular weight is 315 g/mol. The highest BCUT2D eigenvalue weighted by Crippen LogP contribution is 2.28. The number of carbonyl (C=O) groups excluding carboxylic acids is 3. The molecule has 1 unspecified atom stereocenters. The van der Waals surface area contributed by atoms with Crippen LogP contribution in [0.5, 0.6) is 0 Å². The van der Waals surface area contributed by atoms with Crippen LogP contribution in [0.25, 0.3) is 0 Å². The van der Waals surface area contributed by atoms with Crippen molar-refractivity contribution in [2.75, 3.05) is 6.54 Å². The fourth-order valence-electron chi connectivity index (χ4n) is 3.29. The number of imide groups is 1. The molecule has 0 spiro atoms. The van der Waals surface area contributed by atoms with Gasteiger partial charge in [0.15, 0.2) is 0 Å². The molecule has 6 heteroatoms. The first-order valence-corrected chi connectivity index (χ1v) is 8.00. The third-order valence-electron chi connectivity index (χ3n) is 4.65. The number of nitrogens with one attached hydrogen (secondary N) is 2. The van der Waals surface area contributed by atoms with Gasteiger partial charge in [0.05, 0.1) is 0 Å². The molecule has 1 aliphatic heterocycles. The minimum atomic E-state index is -1.12. The third-order valence-corrected chi connectivity index (χ3v) is 4.65. The molecule has 2 fully saturated rings. The van der Waals surface area contributed by atoms with E-state index in [1.165, 1.54) is 0 Å². The van der Waals surface area contributed by atoms with Crippen LogP contribution >= 0.6 is 0 Å². The predicted octanol–water partition coefficient (Wildman–Crippen LogP) is 1.51. The Morgan fingerprint density at radius 2 is 1.91 bits per heavy atom. The lowest BCUT2D eigenvalue weighted by Crippen LogP contribution is -2.45. The summed E-state index contributed by atoms with van der Waals surface area (Å²) in [7, 11) is 0. The van der Waals surface area contributed by atoms with E-state index in [1.54, 1.807) is 19.1 Å². The Kier molecular flexibility index (Phi) is 4.07. The summed E-state index contributed by atoms with van der Waals surface area (Å²) in [5.74, 6) is -0.673. The summed E-state index contributed by atoms with van der Waals surface area (Å²) < 4.78 is 0. The van der Waals surface area contributed by atoms with Crippen LogP contribution in [0, 0.1) is 0 Å². The molecule has 1 aromatic carbocycles. The lowest BCUT2D eigenvalue weighted by atomic mass is 9.92. The van der Waals surface area contributed by atoms with Crippen LogP contribution < -0.4 is 10.6 Å². The maximum Gasteiger partial charge on any atom is 0.325 e. The molecule has 6 nitrogen and oxygen atoms in total.